The molecule has 0 N–H and O–H groups in total. The summed E-state index contributed by atoms with van der Waals surface area (Å²) in [4.78, 5) is 0. The molecule has 0 aliphatic rings. The first-order valence-corrected chi connectivity index (χ1v) is 4.86. The van der Waals surface area contributed by atoms with Gasteiger partial charge in [-0.05, 0) is 6.42 Å². The Morgan fingerprint density at radius 3 is 2.00 bits per heavy atom. The molecule has 1 nitrogen and oxygen atoms in total. The molecule has 0 saturated carbocycles. The monoisotopic (exact) mass is 156 g/mol. The van der Waals surface area contributed by atoms with Gasteiger partial charge in [-0.2, -0.15) is 0 Å². The van der Waals surface area contributed by atoms with Crippen LogP contribution in [0.15, 0.2) is 0 Å². The zero-order valence-electron chi connectivity index (χ0n) is 8.10. The summed E-state index contributed by atoms with van der Waals surface area (Å²) >= 11 is 0. The number of hydrogen-bond acceptors (Lipinski definition) is 0. The second-order valence-electron chi connectivity index (χ2n) is 3.18. The third kappa shape index (κ3) is 7.57. The Labute approximate surface area is 71.1 Å². The first kappa shape index (κ1) is 10.7. The van der Waals surface area contributed by atoms with Crippen molar-refractivity contribution in [2.24, 2.45) is 0 Å². The highest BCUT2D eigenvalue weighted by Gasteiger charge is 1.97. The Kier molecular flexibility index (Phi) is 7.54. The average molecular weight is 156 g/mol. The van der Waals surface area contributed by atoms with Gasteiger partial charge < -0.3 is 0 Å². The van der Waals surface area contributed by atoms with Gasteiger partial charge in [-0.3, -0.25) is 0 Å². The van der Waals surface area contributed by atoms with E-state index in [0.29, 0.717) is 0 Å². The van der Waals surface area contributed by atoms with Crippen LogP contribution < -0.4 is 0 Å². The fourth-order valence-electron chi connectivity index (χ4n) is 1.08. The van der Waals surface area contributed by atoms with E-state index in [1.165, 1.54) is 45.2 Å². The minimum absolute atomic E-state index is 1.17. The largest absolute Gasteiger partial charge is 0.242 e. The lowest BCUT2D eigenvalue weighted by atomic mass is 10.2. The van der Waals surface area contributed by atoms with Crippen LogP contribution in [-0.2, 0) is 0 Å². The molecular formula is C10H22N+. The molecular weight excluding hydrogens is 134 g/mol. The molecule has 0 rings (SSSR count). The van der Waals surface area contributed by atoms with E-state index in [-0.39, 0.29) is 0 Å². The summed E-state index contributed by atoms with van der Waals surface area (Å²) in [5.41, 5.74) is 0. The molecule has 0 aliphatic carbocycles. The standard InChI is InChI=1S/C10H22N/c1-4-6-8-10-11(3)9-7-5-2/h3-10H2,1-2H3/q+1. The van der Waals surface area contributed by atoms with Gasteiger partial charge in [0.15, 0.2) is 0 Å². The molecule has 0 saturated heterocycles. The molecule has 0 unspecified atom stereocenters. The Hall–Kier alpha value is -0.330. The Morgan fingerprint density at radius 2 is 1.45 bits per heavy atom. The van der Waals surface area contributed by atoms with E-state index in [1.807, 2.05) is 0 Å². The molecule has 11 heavy (non-hydrogen) atoms. The van der Waals surface area contributed by atoms with Crippen molar-refractivity contribution in [2.75, 3.05) is 13.1 Å². The highest BCUT2D eigenvalue weighted by atomic mass is 15.0. The molecule has 0 aromatic carbocycles. The van der Waals surface area contributed by atoms with Crippen molar-refractivity contribution in [3.05, 3.63) is 0 Å². The maximum absolute atomic E-state index is 3.98. The van der Waals surface area contributed by atoms with Crippen LogP contribution in [0.4, 0.5) is 0 Å². The molecule has 66 valence electrons. The van der Waals surface area contributed by atoms with Crippen LogP contribution in [0.1, 0.15) is 46.0 Å². The van der Waals surface area contributed by atoms with Crippen molar-refractivity contribution in [3.8, 4) is 0 Å². The van der Waals surface area contributed by atoms with Crippen LogP contribution in [-0.4, -0.2) is 24.4 Å². The zero-order valence-corrected chi connectivity index (χ0v) is 8.10. The van der Waals surface area contributed by atoms with Crippen LogP contribution in [0, 0.1) is 0 Å². The number of nitrogens with zero attached hydrogens (tertiary/aromatic N) is 1. The SMILES string of the molecule is C=[N+](CCCC)CCCCC. The van der Waals surface area contributed by atoms with Crippen LogP contribution >= 0.6 is 0 Å². The molecule has 0 amide bonds. The first-order chi connectivity index (χ1) is 5.31. The number of hydrogen-bond donors (Lipinski definition) is 0. The van der Waals surface area contributed by atoms with Crippen molar-refractivity contribution in [1.29, 1.82) is 0 Å². The molecule has 0 atom stereocenters. The highest BCUT2D eigenvalue weighted by molar-refractivity contribution is 5.14. The second-order valence-corrected chi connectivity index (χ2v) is 3.18. The summed E-state index contributed by atoms with van der Waals surface area (Å²) in [6.45, 7) is 10.8. The Balaban J connectivity index is 3.09. The van der Waals surface area contributed by atoms with E-state index in [1.54, 1.807) is 0 Å². The minimum atomic E-state index is 1.17. The van der Waals surface area contributed by atoms with Gasteiger partial charge in [-0.25, -0.2) is 4.58 Å². The van der Waals surface area contributed by atoms with Gasteiger partial charge in [-0.1, -0.05) is 26.7 Å². The average Bonchev–Trinajstić information content (AvgIpc) is 2.01. The summed E-state index contributed by atoms with van der Waals surface area (Å²) in [7, 11) is 0. The van der Waals surface area contributed by atoms with E-state index >= 15 is 0 Å². The molecule has 0 aromatic rings. The summed E-state index contributed by atoms with van der Waals surface area (Å²) in [5, 5.41) is 0. The maximum Gasteiger partial charge on any atom is 0.142 e. The molecule has 0 heterocycles. The topological polar surface area (TPSA) is 3.01 Å². The van der Waals surface area contributed by atoms with Crippen molar-refractivity contribution < 1.29 is 4.58 Å². The van der Waals surface area contributed by atoms with Gasteiger partial charge in [0, 0.05) is 12.8 Å². The van der Waals surface area contributed by atoms with E-state index in [0.717, 1.165) is 0 Å². The molecule has 0 radical (unpaired) electrons. The van der Waals surface area contributed by atoms with E-state index in [9.17, 15) is 0 Å². The fraction of sp³-hybridized carbons (Fsp3) is 0.900. The summed E-state index contributed by atoms with van der Waals surface area (Å²) in [6, 6.07) is 0. The normalized spacial score (nSPS) is 10.0. The third-order valence-corrected chi connectivity index (χ3v) is 1.91. The lowest BCUT2D eigenvalue weighted by molar-refractivity contribution is -0.520. The smallest absolute Gasteiger partial charge is 0.142 e. The van der Waals surface area contributed by atoms with E-state index in [2.05, 4.69) is 25.1 Å². The fourth-order valence-corrected chi connectivity index (χ4v) is 1.08. The van der Waals surface area contributed by atoms with Crippen molar-refractivity contribution in [3.63, 3.8) is 0 Å². The Bertz CT molecular complexity index is 97.0. The van der Waals surface area contributed by atoms with Crippen LogP contribution in [0.5, 0.6) is 0 Å². The van der Waals surface area contributed by atoms with Gasteiger partial charge in [0.25, 0.3) is 0 Å². The van der Waals surface area contributed by atoms with Crippen molar-refractivity contribution >= 4 is 6.72 Å². The van der Waals surface area contributed by atoms with E-state index < -0.39 is 0 Å². The lowest BCUT2D eigenvalue weighted by Crippen LogP contribution is -2.12. The first-order valence-electron chi connectivity index (χ1n) is 4.86. The quantitative estimate of drug-likeness (QED) is 0.303. The minimum Gasteiger partial charge on any atom is -0.242 e. The highest BCUT2D eigenvalue weighted by Crippen LogP contribution is 1.94. The molecule has 0 aromatic heterocycles. The van der Waals surface area contributed by atoms with Crippen LogP contribution in [0.25, 0.3) is 0 Å². The van der Waals surface area contributed by atoms with Crippen LogP contribution in [0.2, 0.25) is 0 Å². The molecule has 0 aliphatic heterocycles. The van der Waals surface area contributed by atoms with Gasteiger partial charge in [-0.15, -0.1) is 0 Å². The summed E-state index contributed by atoms with van der Waals surface area (Å²) < 4.78 is 2.19. The molecule has 1 heteroatoms. The number of rotatable bonds is 7. The van der Waals surface area contributed by atoms with Gasteiger partial charge in [0.2, 0.25) is 0 Å². The van der Waals surface area contributed by atoms with Gasteiger partial charge in [0.1, 0.15) is 19.8 Å². The summed E-state index contributed by atoms with van der Waals surface area (Å²) in [6.07, 6.45) is 6.53. The van der Waals surface area contributed by atoms with Gasteiger partial charge >= 0.3 is 0 Å². The van der Waals surface area contributed by atoms with Crippen molar-refractivity contribution in [1.82, 2.24) is 0 Å². The maximum atomic E-state index is 3.98. The lowest BCUT2D eigenvalue weighted by Gasteiger charge is -1.99. The Morgan fingerprint density at radius 1 is 0.909 bits per heavy atom. The van der Waals surface area contributed by atoms with Crippen LogP contribution in [0.3, 0.4) is 0 Å². The molecule has 0 fully saturated rings. The van der Waals surface area contributed by atoms with E-state index in [4.69, 9.17) is 0 Å². The third-order valence-electron chi connectivity index (χ3n) is 1.91. The predicted molar refractivity (Wildman–Crippen MR) is 51.5 cm³/mol. The number of unbranched alkanes of at least 4 members (excludes halogenated alkanes) is 3. The zero-order chi connectivity index (χ0) is 8.53. The second kappa shape index (κ2) is 7.77. The summed E-state index contributed by atoms with van der Waals surface area (Å²) in [5.74, 6) is 0. The predicted octanol–water partition coefficient (Wildman–Crippen LogP) is 2.69. The van der Waals surface area contributed by atoms with Gasteiger partial charge in [0.05, 0.1) is 0 Å². The van der Waals surface area contributed by atoms with Crippen molar-refractivity contribution in [2.45, 2.75) is 46.0 Å². The molecule has 0 spiro atoms. The molecule has 0 bridgehead atoms.